The first-order valence-electron chi connectivity index (χ1n) is 5.44. The fourth-order valence-corrected chi connectivity index (χ4v) is 3.45. The maximum atomic E-state index is 11.6. The molecule has 0 atom stereocenters. The molecule has 0 aliphatic heterocycles. The molecule has 96 valence electrons. The van der Waals surface area contributed by atoms with Crippen molar-refractivity contribution in [1.82, 2.24) is 10.3 Å². The normalized spacial score (nSPS) is 10.5. The summed E-state index contributed by atoms with van der Waals surface area (Å²) in [7, 11) is 0. The highest BCUT2D eigenvalue weighted by Gasteiger charge is 2.03. The summed E-state index contributed by atoms with van der Waals surface area (Å²) in [6.45, 7) is 0.577. The van der Waals surface area contributed by atoms with Gasteiger partial charge in [-0.05, 0) is 23.8 Å². The van der Waals surface area contributed by atoms with Crippen molar-refractivity contribution in [2.75, 3.05) is 5.75 Å². The van der Waals surface area contributed by atoms with E-state index in [2.05, 4.69) is 10.3 Å². The Labute approximate surface area is 119 Å². The molecule has 0 fully saturated rings. The van der Waals surface area contributed by atoms with Crippen LogP contribution in [0.15, 0.2) is 30.6 Å². The number of carbonyl (C=O) groups is 1. The first-order valence-corrected chi connectivity index (χ1v) is 7.79. The summed E-state index contributed by atoms with van der Waals surface area (Å²) in [6, 6.07) is 5.83. The molecule has 0 saturated carbocycles. The molecule has 0 bridgehead atoms. The van der Waals surface area contributed by atoms with Crippen molar-refractivity contribution in [3.8, 4) is 0 Å². The van der Waals surface area contributed by atoms with Crippen LogP contribution in [0.5, 0.6) is 0 Å². The van der Waals surface area contributed by atoms with Gasteiger partial charge in [0.1, 0.15) is 0 Å². The number of hydrogen-bond acceptors (Lipinski definition) is 3. The quantitative estimate of drug-likeness (QED) is 0.860. The molecule has 0 aromatic carbocycles. The Kier molecular flexibility index (Phi) is 5.16. The zero-order chi connectivity index (χ0) is 12.8. The lowest BCUT2D eigenvalue weighted by Crippen LogP contribution is -2.24. The van der Waals surface area contributed by atoms with Crippen LogP contribution in [0.25, 0.3) is 0 Å². The number of carbonyl (C=O) groups excluding carboxylic acids is 1. The third-order valence-corrected chi connectivity index (χ3v) is 4.65. The first-order chi connectivity index (χ1) is 8.74. The van der Waals surface area contributed by atoms with Crippen LogP contribution >= 0.6 is 34.7 Å². The van der Waals surface area contributed by atoms with Crippen molar-refractivity contribution in [2.24, 2.45) is 0 Å². The Morgan fingerprint density at radius 1 is 1.44 bits per heavy atom. The predicted molar refractivity (Wildman–Crippen MR) is 78.1 cm³/mol. The van der Waals surface area contributed by atoms with Gasteiger partial charge in [-0.25, -0.2) is 0 Å². The highest BCUT2D eigenvalue weighted by molar-refractivity contribution is 7.99. The van der Waals surface area contributed by atoms with Gasteiger partial charge in [-0.1, -0.05) is 11.6 Å². The van der Waals surface area contributed by atoms with Crippen LogP contribution in [0.1, 0.15) is 10.4 Å². The topological polar surface area (TPSA) is 44.9 Å². The Morgan fingerprint density at radius 2 is 2.33 bits per heavy atom. The average molecular weight is 301 g/mol. The minimum atomic E-state index is 0.0591. The molecule has 2 aromatic rings. The molecular weight excluding hydrogens is 288 g/mol. The van der Waals surface area contributed by atoms with Crippen LogP contribution in [0.2, 0.25) is 4.34 Å². The van der Waals surface area contributed by atoms with Crippen molar-refractivity contribution < 1.29 is 4.79 Å². The number of thioether (sulfide) groups is 1. The molecule has 0 aliphatic carbocycles. The van der Waals surface area contributed by atoms with Crippen LogP contribution in [0.3, 0.4) is 0 Å². The molecule has 2 rings (SSSR count). The highest BCUT2D eigenvalue weighted by Crippen LogP contribution is 2.24. The van der Waals surface area contributed by atoms with Crippen molar-refractivity contribution in [3.63, 3.8) is 0 Å². The third kappa shape index (κ3) is 4.40. The second kappa shape index (κ2) is 6.87. The molecule has 0 aliphatic rings. The molecule has 2 heterocycles. The Hall–Kier alpha value is -0.910. The van der Waals surface area contributed by atoms with Crippen molar-refractivity contribution in [3.05, 3.63) is 45.4 Å². The number of hydrogen-bond donors (Lipinski definition) is 2. The van der Waals surface area contributed by atoms with Gasteiger partial charge in [0.2, 0.25) is 5.91 Å². The minimum Gasteiger partial charge on any atom is -0.367 e. The number of amides is 1. The van der Waals surface area contributed by atoms with Gasteiger partial charge in [0.25, 0.3) is 0 Å². The van der Waals surface area contributed by atoms with E-state index in [4.69, 9.17) is 11.6 Å². The van der Waals surface area contributed by atoms with Gasteiger partial charge in [-0.15, -0.1) is 23.1 Å². The Balaban J connectivity index is 1.63. The summed E-state index contributed by atoms with van der Waals surface area (Å²) in [5.41, 5.74) is 1.08. The van der Waals surface area contributed by atoms with Crippen molar-refractivity contribution in [2.45, 2.75) is 12.3 Å². The van der Waals surface area contributed by atoms with E-state index in [9.17, 15) is 4.79 Å². The fourth-order valence-electron chi connectivity index (χ4n) is 1.39. The van der Waals surface area contributed by atoms with E-state index in [1.54, 1.807) is 23.1 Å². The fraction of sp³-hybridized carbons (Fsp3) is 0.250. The Bertz CT molecular complexity index is 496. The molecule has 0 saturated heterocycles. The second-order valence-electron chi connectivity index (χ2n) is 3.69. The van der Waals surface area contributed by atoms with Crippen LogP contribution in [-0.2, 0) is 17.1 Å². The summed E-state index contributed by atoms with van der Waals surface area (Å²) in [5, 5.41) is 2.87. The van der Waals surface area contributed by atoms with E-state index in [0.717, 1.165) is 15.7 Å². The largest absolute Gasteiger partial charge is 0.367 e. The average Bonchev–Trinajstić information content (AvgIpc) is 2.98. The zero-order valence-corrected chi connectivity index (χ0v) is 12.0. The highest BCUT2D eigenvalue weighted by atomic mass is 35.5. The molecule has 3 nitrogen and oxygen atoms in total. The van der Waals surface area contributed by atoms with Gasteiger partial charge in [0.05, 0.1) is 10.1 Å². The van der Waals surface area contributed by atoms with E-state index < -0.39 is 0 Å². The summed E-state index contributed by atoms with van der Waals surface area (Å²) >= 11 is 8.99. The van der Waals surface area contributed by atoms with Crippen molar-refractivity contribution >= 4 is 40.6 Å². The number of halogens is 1. The molecule has 1 amide bonds. The number of thiophene rings is 1. The molecule has 2 N–H and O–H groups in total. The number of aromatic amines is 1. The molecular formula is C12H13ClN2OS2. The monoisotopic (exact) mass is 300 g/mol. The van der Waals surface area contributed by atoms with Gasteiger partial charge >= 0.3 is 0 Å². The van der Waals surface area contributed by atoms with Crippen LogP contribution in [0, 0.1) is 0 Å². The van der Waals surface area contributed by atoms with Crippen LogP contribution < -0.4 is 5.32 Å². The molecule has 0 unspecified atom stereocenters. The van der Waals surface area contributed by atoms with Crippen LogP contribution in [0.4, 0.5) is 0 Å². The lowest BCUT2D eigenvalue weighted by Gasteiger charge is -2.03. The standard InChI is InChI=1S/C12H13ClN2OS2/c13-11-2-1-10(18-11)7-17-8-12(16)15-6-9-3-4-14-5-9/h1-5,14H,6-8H2,(H,15,16). The number of aromatic nitrogens is 1. The lowest BCUT2D eigenvalue weighted by atomic mass is 10.3. The Morgan fingerprint density at radius 3 is 3.00 bits per heavy atom. The van der Waals surface area contributed by atoms with E-state index in [0.29, 0.717) is 12.3 Å². The number of H-pyrrole nitrogens is 1. The molecule has 6 heteroatoms. The van der Waals surface area contributed by atoms with Gasteiger partial charge < -0.3 is 10.3 Å². The number of nitrogens with one attached hydrogen (secondary N) is 2. The van der Waals surface area contributed by atoms with E-state index in [1.165, 1.54) is 4.88 Å². The van der Waals surface area contributed by atoms with Gasteiger partial charge in [-0.3, -0.25) is 4.79 Å². The summed E-state index contributed by atoms with van der Waals surface area (Å²) in [4.78, 5) is 15.7. The van der Waals surface area contributed by atoms with Crippen LogP contribution in [-0.4, -0.2) is 16.6 Å². The number of rotatable bonds is 6. The lowest BCUT2D eigenvalue weighted by molar-refractivity contribution is -0.118. The smallest absolute Gasteiger partial charge is 0.230 e. The second-order valence-corrected chi connectivity index (χ2v) is 6.48. The van der Waals surface area contributed by atoms with Gasteiger partial charge in [0.15, 0.2) is 0 Å². The predicted octanol–water partition coefficient (Wildman–Crippen LogP) is 3.28. The maximum Gasteiger partial charge on any atom is 0.230 e. The van der Waals surface area contributed by atoms with Gasteiger partial charge in [0, 0.05) is 29.6 Å². The van der Waals surface area contributed by atoms with E-state index in [1.807, 2.05) is 30.6 Å². The molecule has 18 heavy (non-hydrogen) atoms. The van der Waals surface area contributed by atoms with E-state index in [-0.39, 0.29) is 5.91 Å². The molecule has 2 aromatic heterocycles. The van der Waals surface area contributed by atoms with E-state index >= 15 is 0 Å². The molecule has 0 radical (unpaired) electrons. The minimum absolute atomic E-state index is 0.0591. The summed E-state index contributed by atoms with van der Waals surface area (Å²) < 4.78 is 0.794. The summed E-state index contributed by atoms with van der Waals surface area (Å²) in [6.07, 6.45) is 3.72. The SMILES string of the molecule is O=C(CSCc1ccc(Cl)s1)NCc1cc[nH]c1. The maximum absolute atomic E-state index is 11.6. The van der Waals surface area contributed by atoms with Gasteiger partial charge in [-0.2, -0.15) is 0 Å². The zero-order valence-electron chi connectivity index (χ0n) is 9.61. The third-order valence-electron chi connectivity index (χ3n) is 2.26. The van der Waals surface area contributed by atoms with Crippen molar-refractivity contribution in [1.29, 1.82) is 0 Å². The summed E-state index contributed by atoms with van der Waals surface area (Å²) in [5.74, 6) is 1.36. The molecule has 0 spiro atoms. The first kappa shape index (κ1) is 13.5.